The zero-order valence-electron chi connectivity index (χ0n) is 20.5. The number of nitrogens with zero attached hydrogens (tertiary/aromatic N) is 3. The van der Waals surface area contributed by atoms with Gasteiger partial charge in [0.25, 0.3) is 5.78 Å². The SMILES string of the molecule is CCOc1cccc(C2C(=C(O)c3ccc(Cl)cc3)C(=O)C(=O)N2c2nnc(SCc3ccccc3Cl)s2)c1. The summed E-state index contributed by atoms with van der Waals surface area (Å²) in [5.74, 6) is -0.813. The molecule has 1 aliphatic rings. The molecule has 0 radical (unpaired) electrons. The maximum atomic E-state index is 13.4. The number of aliphatic hydroxyl groups is 1. The summed E-state index contributed by atoms with van der Waals surface area (Å²) in [5.41, 5.74) is 1.82. The largest absolute Gasteiger partial charge is 0.507 e. The molecule has 0 spiro atoms. The predicted octanol–water partition coefficient (Wildman–Crippen LogP) is 7.16. The molecule has 1 aromatic heterocycles. The molecule has 1 atom stereocenters. The van der Waals surface area contributed by atoms with Crippen molar-refractivity contribution in [3.05, 3.63) is 105 Å². The Morgan fingerprint density at radius 3 is 2.56 bits per heavy atom. The summed E-state index contributed by atoms with van der Waals surface area (Å²) in [4.78, 5) is 28.1. The van der Waals surface area contributed by atoms with Crippen LogP contribution >= 0.6 is 46.3 Å². The number of aliphatic hydroxyl groups excluding tert-OH is 1. The number of halogens is 2. The Balaban J connectivity index is 1.56. The lowest BCUT2D eigenvalue weighted by Crippen LogP contribution is -2.29. The van der Waals surface area contributed by atoms with E-state index in [2.05, 4.69) is 10.2 Å². The van der Waals surface area contributed by atoms with Crippen LogP contribution in [0.25, 0.3) is 5.76 Å². The molecule has 11 heteroatoms. The molecule has 1 unspecified atom stereocenters. The van der Waals surface area contributed by atoms with Crippen molar-refractivity contribution in [2.24, 2.45) is 0 Å². The summed E-state index contributed by atoms with van der Waals surface area (Å²) in [7, 11) is 0. The molecule has 0 saturated carbocycles. The third-order valence-electron chi connectivity index (χ3n) is 5.96. The van der Waals surface area contributed by atoms with E-state index in [1.54, 1.807) is 48.5 Å². The van der Waals surface area contributed by atoms with Gasteiger partial charge in [-0.1, -0.05) is 76.6 Å². The minimum atomic E-state index is -0.949. The van der Waals surface area contributed by atoms with Gasteiger partial charge in [-0.05, 0) is 60.5 Å². The lowest BCUT2D eigenvalue weighted by atomic mass is 9.95. The monoisotopic (exact) mass is 597 g/mol. The quantitative estimate of drug-likeness (QED) is 0.0756. The summed E-state index contributed by atoms with van der Waals surface area (Å²) in [6, 6.07) is 20.0. The lowest BCUT2D eigenvalue weighted by molar-refractivity contribution is -0.132. The second-order valence-electron chi connectivity index (χ2n) is 8.41. The van der Waals surface area contributed by atoms with Gasteiger partial charge in [0, 0.05) is 21.4 Å². The first kappa shape index (κ1) is 27.2. The first-order valence-electron chi connectivity index (χ1n) is 11.9. The topological polar surface area (TPSA) is 92.6 Å². The first-order valence-corrected chi connectivity index (χ1v) is 14.4. The van der Waals surface area contributed by atoms with Crippen LogP contribution in [0, 0.1) is 0 Å². The van der Waals surface area contributed by atoms with Crippen LogP contribution in [0.3, 0.4) is 0 Å². The maximum Gasteiger partial charge on any atom is 0.301 e. The third kappa shape index (κ3) is 5.67. The molecule has 198 valence electrons. The Hall–Kier alpha value is -3.37. The number of ketones is 1. The molecule has 0 aliphatic carbocycles. The third-order valence-corrected chi connectivity index (χ3v) is 8.68. The smallest absolute Gasteiger partial charge is 0.301 e. The number of ether oxygens (including phenoxy) is 1. The van der Waals surface area contributed by atoms with Crippen molar-refractivity contribution in [2.45, 2.75) is 23.1 Å². The van der Waals surface area contributed by atoms with Crippen LogP contribution < -0.4 is 9.64 Å². The molecule has 1 fully saturated rings. The summed E-state index contributed by atoms with van der Waals surface area (Å²) in [6.07, 6.45) is 0. The number of thioether (sulfide) groups is 1. The average molecular weight is 599 g/mol. The van der Waals surface area contributed by atoms with Gasteiger partial charge in [0.1, 0.15) is 11.5 Å². The molecule has 0 bridgehead atoms. The number of Topliss-reactive ketones (excluding diaryl/α,β-unsaturated/α-hetero) is 1. The minimum Gasteiger partial charge on any atom is -0.507 e. The van der Waals surface area contributed by atoms with Gasteiger partial charge in [0.05, 0.1) is 18.2 Å². The fourth-order valence-electron chi connectivity index (χ4n) is 4.16. The first-order chi connectivity index (χ1) is 18.9. The molecule has 39 heavy (non-hydrogen) atoms. The van der Waals surface area contributed by atoms with Crippen LogP contribution in [0.2, 0.25) is 10.0 Å². The van der Waals surface area contributed by atoms with Crippen molar-refractivity contribution in [3.8, 4) is 5.75 Å². The second-order valence-corrected chi connectivity index (χ2v) is 11.4. The van der Waals surface area contributed by atoms with Crippen LogP contribution in [0.15, 0.2) is 82.7 Å². The fraction of sp³-hybridized carbons (Fsp3) is 0.143. The molecule has 1 N–H and O–H groups in total. The van der Waals surface area contributed by atoms with Crippen molar-refractivity contribution < 1.29 is 19.4 Å². The van der Waals surface area contributed by atoms with Crippen molar-refractivity contribution in [1.29, 1.82) is 0 Å². The summed E-state index contributed by atoms with van der Waals surface area (Å²) in [6.45, 7) is 2.30. The average Bonchev–Trinajstić information content (AvgIpc) is 3.50. The highest BCUT2D eigenvalue weighted by molar-refractivity contribution is 8.00. The molecule has 4 aromatic rings. The van der Waals surface area contributed by atoms with E-state index in [1.807, 2.05) is 31.2 Å². The number of carbonyl (C=O) groups is 2. The van der Waals surface area contributed by atoms with Crippen LogP contribution in [-0.4, -0.2) is 33.6 Å². The number of anilines is 1. The van der Waals surface area contributed by atoms with Gasteiger partial charge < -0.3 is 9.84 Å². The number of rotatable bonds is 8. The van der Waals surface area contributed by atoms with Crippen LogP contribution in [0.1, 0.15) is 29.7 Å². The van der Waals surface area contributed by atoms with Gasteiger partial charge in [-0.2, -0.15) is 0 Å². The molecular formula is C28H21Cl2N3O4S2. The molecular weight excluding hydrogens is 577 g/mol. The van der Waals surface area contributed by atoms with Gasteiger partial charge in [-0.25, -0.2) is 0 Å². The van der Waals surface area contributed by atoms with E-state index in [-0.39, 0.29) is 16.5 Å². The van der Waals surface area contributed by atoms with Crippen LogP contribution in [-0.2, 0) is 15.3 Å². The Kier molecular flexibility index (Phi) is 8.23. The number of carbonyl (C=O) groups excluding carboxylic acids is 2. The van der Waals surface area contributed by atoms with Crippen molar-refractivity contribution in [3.63, 3.8) is 0 Å². The van der Waals surface area contributed by atoms with Gasteiger partial charge in [-0.3, -0.25) is 14.5 Å². The standard InChI is InChI=1S/C28H21Cl2N3O4S2/c1-2-37-20-8-5-7-17(14-20)23-22(24(34)16-10-12-19(29)13-11-16)25(35)26(36)33(23)27-31-32-28(39-27)38-15-18-6-3-4-9-21(18)30/h3-14,23,34H,2,15H2,1H3. The van der Waals surface area contributed by atoms with Crippen molar-refractivity contribution in [1.82, 2.24) is 10.2 Å². The molecule has 7 nitrogen and oxygen atoms in total. The number of aromatic nitrogens is 2. The van der Waals surface area contributed by atoms with Crippen molar-refractivity contribution in [2.75, 3.05) is 11.5 Å². The highest BCUT2D eigenvalue weighted by Gasteiger charge is 2.48. The number of benzene rings is 3. The molecule has 3 aromatic carbocycles. The predicted molar refractivity (Wildman–Crippen MR) is 155 cm³/mol. The van der Waals surface area contributed by atoms with Crippen LogP contribution in [0.5, 0.6) is 5.75 Å². The molecule has 1 amide bonds. The van der Waals surface area contributed by atoms with Gasteiger partial charge in [-0.15, -0.1) is 10.2 Å². The van der Waals surface area contributed by atoms with E-state index in [0.29, 0.717) is 43.6 Å². The number of hydrogen-bond acceptors (Lipinski definition) is 8. The maximum absolute atomic E-state index is 13.4. The summed E-state index contributed by atoms with van der Waals surface area (Å²) < 4.78 is 6.26. The normalized spacial score (nSPS) is 16.6. The highest BCUT2D eigenvalue weighted by Crippen LogP contribution is 2.44. The lowest BCUT2D eigenvalue weighted by Gasteiger charge is -2.23. The Morgan fingerprint density at radius 2 is 1.82 bits per heavy atom. The molecule has 1 aliphatic heterocycles. The Bertz CT molecular complexity index is 1570. The fourth-order valence-corrected chi connectivity index (χ4v) is 6.44. The van der Waals surface area contributed by atoms with E-state index < -0.39 is 17.7 Å². The summed E-state index contributed by atoms with van der Waals surface area (Å²) >= 11 is 14.9. The number of amides is 1. The van der Waals surface area contributed by atoms with E-state index in [0.717, 1.165) is 5.56 Å². The van der Waals surface area contributed by atoms with E-state index in [4.69, 9.17) is 27.9 Å². The Morgan fingerprint density at radius 1 is 1.05 bits per heavy atom. The number of hydrogen-bond donors (Lipinski definition) is 1. The molecule has 2 heterocycles. The summed E-state index contributed by atoms with van der Waals surface area (Å²) in [5, 5.41) is 21.1. The Labute approximate surface area is 243 Å². The molecule has 5 rings (SSSR count). The van der Waals surface area contributed by atoms with Gasteiger partial charge in [0.15, 0.2) is 4.34 Å². The highest BCUT2D eigenvalue weighted by atomic mass is 35.5. The minimum absolute atomic E-state index is 0.0589. The van der Waals surface area contributed by atoms with Crippen molar-refractivity contribution >= 4 is 68.9 Å². The molecule has 1 saturated heterocycles. The van der Waals surface area contributed by atoms with E-state index >= 15 is 0 Å². The second kappa shape index (κ2) is 11.8. The van der Waals surface area contributed by atoms with Gasteiger partial charge >= 0.3 is 5.91 Å². The van der Waals surface area contributed by atoms with Gasteiger partial charge in [0.2, 0.25) is 5.13 Å². The van der Waals surface area contributed by atoms with E-state index in [9.17, 15) is 14.7 Å². The zero-order chi connectivity index (χ0) is 27.5. The van der Waals surface area contributed by atoms with Crippen LogP contribution in [0.4, 0.5) is 5.13 Å². The van der Waals surface area contributed by atoms with E-state index in [1.165, 1.54) is 28.0 Å². The zero-order valence-corrected chi connectivity index (χ0v) is 23.7.